The lowest BCUT2D eigenvalue weighted by atomic mass is 9.94. The third-order valence-electron chi connectivity index (χ3n) is 4.29. The van der Waals surface area contributed by atoms with E-state index >= 15 is 0 Å². The van der Waals surface area contributed by atoms with Gasteiger partial charge in [-0.05, 0) is 49.5 Å². The molecule has 140 valence electrons. The van der Waals surface area contributed by atoms with Crippen LogP contribution < -0.4 is 25.4 Å². The predicted octanol–water partition coefficient (Wildman–Crippen LogP) is 3.14. The number of benzene rings is 2. The van der Waals surface area contributed by atoms with E-state index in [4.69, 9.17) is 21.7 Å². The van der Waals surface area contributed by atoms with Crippen molar-refractivity contribution in [1.82, 2.24) is 10.6 Å². The van der Waals surface area contributed by atoms with Crippen LogP contribution in [0.2, 0.25) is 0 Å². The van der Waals surface area contributed by atoms with Crippen LogP contribution in [0.4, 0.5) is 5.69 Å². The molecule has 3 N–H and O–H groups in total. The Balaban J connectivity index is 2.03. The maximum absolute atomic E-state index is 13.1. The fourth-order valence-electron chi connectivity index (χ4n) is 3.01. The molecular formula is C20H21N3O3S. The van der Waals surface area contributed by atoms with Crippen LogP contribution in [0.3, 0.4) is 0 Å². The van der Waals surface area contributed by atoms with Crippen molar-refractivity contribution in [1.29, 1.82) is 0 Å². The van der Waals surface area contributed by atoms with Gasteiger partial charge in [-0.2, -0.15) is 0 Å². The van der Waals surface area contributed by atoms with Gasteiger partial charge in [0.1, 0.15) is 11.5 Å². The molecule has 0 bridgehead atoms. The molecule has 1 atom stereocenters. The van der Waals surface area contributed by atoms with E-state index in [1.54, 1.807) is 14.2 Å². The van der Waals surface area contributed by atoms with E-state index in [-0.39, 0.29) is 5.91 Å². The van der Waals surface area contributed by atoms with Gasteiger partial charge in [-0.3, -0.25) is 4.79 Å². The fourth-order valence-corrected chi connectivity index (χ4v) is 3.28. The second-order valence-electron chi connectivity index (χ2n) is 6.00. The van der Waals surface area contributed by atoms with Gasteiger partial charge in [0.2, 0.25) is 0 Å². The average Bonchev–Trinajstić information content (AvgIpc) is 2.67. The Labute approximate surface area is 163 Å². The lowest BCUT2D eigenvalue weighted by Crippen LogP contribution is -2.45. The summed E-state index contributed by atoms with van der Waals surface area (Å²) in [6.45, 7) is 1.83. The van der Waals surface area contributed by atoms with Crippen LogP contribution >= 0.6 is 12.2 Å². The zero-order valence-corrected chi connectivity index (χ0v) is 16.1. The van der Waals surface area contributed by atoms with E-state index in [1.165, 1.54) is 0 Å². The topological polar surface area (TPSA) is 71.6 Å². The highest BCUT2D eigenvalue weighted by Gasteiger charge is 2.32. The molecule has 0 fully saturated rings. The Morgan fingerprint density at radius 2 is 1.85 bits per heavy atom. The number of rotatable bonds is 5. The van der Waals surface area contributed by atoms with Crippen LogP contribution in [0, 0.1) is 0 Å². The fraction of sp³-hybridized carbons (Fsp3) is 0.200. The van der Waals surface area contributed by atoms with Crippen LogP contribution in [-0.2, 0) is 4.79 Å². The standard InChI is InChI=1S/C20H21N3O3S/c1-12-17(19(24)22-13-7-5-4-6-8-13)18(23-20(27)21-12)15-11-14(25-2)9-10-16(15)26-3/h4-11,18H,1-3H3,(H,22,24)(H2,21,23,27)/t18-/m1/s1. The minimum absolute atomic E-state index is 0.226. The monoisotopic (exact) mass is 383 g/mol. The molecule has 0 aliphatic carbocycles. The molecule has 6 nitrogen and oxygen atoms in total. The smallest absolute Gasteiger partial charge is 0.255 e. The van der Waals surface area contributed by atoms with Crippen LogP contribution in [0.5, 0.6) is 11.5 Å². The number of ether oxygens (including phenoxy) is 2. The molecule has 2 aromatic carbocycles. The van der Waals surface area contributed by atoms with Crippen LogP contribution in [0.15, 0.2) is 59.8 Å². The van der Waals surface area contributed by atoms with Crippen molar-refractivity contribution in [2.24, 2.45) is 0 Å². The summed E-state index contributed by atoms with van der Waals surface area (Å²) >= 11 is 5.31. The first kappa shape index (κ1) is 18.7. The number of hydrogen-bond donors (Lipinski definition) is 3. The molecule has 1 aliphatic rings. The first-order chi connectivity index (χ1) is 13.0. The van der Waals surface area contributed by atoms with Crippen molar-refractivity contribution in [2.45, 2.75) is 13.0 Å². The maximum Gasteiger partial charge on any atom is 0.255 e. The SMILES string of the molecule is COc1ccc(OC)c([C@H]2NC(=S)NC(C)=C2C(=O)Nc2ccccc2)c1. The number of carbonyl (C=O) groups excluding carboxylic acids is 1. The highest BCUT2D eigenvalue weighted by Crippen LogP contribution is 2.35. The molecule has 0 unspecified atom stereocenters. The Kier molecular flexibility index (Phi) is 5.61. The van der Waals surface area contributed by atoms with Gasteiger partial charge in [0.25, 0.3) is 5.91 Å². The van der Waals surface area contributed by atoms with E-state index in [2.05, 4.69) is 16.0 Å². The number of amides is 1. The van der Waals surface area contributed by atoms with Gasteiger partial charge in [-0.25, -0.2) is 0 Å². The summed E-state index contributed by atoms with van der Waals surface area (Å²) in [5.41, 5.74) is 2.69. The van der Waals surface area contributed by atoms with Crippen molar-refractivity contribution in [3.05, 3.63) is 65.4 Å². The molecule has 0 radical (unpaired) electrons. The average molecular weight is 383 g/mol. The molecule has 7 heteroatoms. The Hall–Kier alpha value is -3.06. The van der Waals surface area contributed by atoms with Gasteiger partial charge < -0.3 is 25.4 Å². The van der Waals surface area contributed by atoms with Crippen LogP contribution in [0.25, 0.3) is 0 Å². The first-order valence-electron chi connectivity index (χ1n) is 8.40. The second kappa shape index (κ2) is 8.09. The third-order valence-corrected chi connectivity index (χ3v) is 4.51. The van der Waals surface area contributed by atoms with Gasteiger partial charge >= 0.3 is 0 Å². The highest BCUT2D eigenvalue weighted by molar-refractivity contribution is 7.80. The molecule has 2 aromatic rings. The Morgan fingerprint density at radius 3 is 2.52 bits per heavy atom. The summed E-state index contributed by atoms with van der Waals surface area (Å²) in [5.74, 6) is 1.07. The van der Waals surface area contributed by atoms with Crippen molar-refractivity contribution in [2.75, 3.05) is 19.5 Å². The van der Waals surface area contributed by atoms with Gasteiger partial charge in [0.05, 0.1) is 25.8 Å². The molecule has 1 aliphatic heterocycles. The predicted molar refractivity (Wildman–Crippen MR) is 109 cm³/mol. The summed E-state index contributed by atoms with van der Waals surface area (Å²) in [5, 5.41) is 9.57. The number of nitrogens with one attached hydrogen (secondary N) is 3. The Morgan fingerprint density at radius 1 is 1.11 bits per heavy atom. The molecule has 0 spiro atoms. The van der Waals surface area contributed by atoms with E-state index in [0.29, 0.717) is 33.6 Å². The number of hydrogen-bond acceptors (Lipinski definition) is 4. The van der Waals surface area contributed by atoms with Crippen LogP contribution in [0.1, 0.15) is 18.5 Å². The summed E-state index contributed by atoms with van der Waals surface area (Å²) in [4.78, 5) is 13.1. The van der Waals surface area contributed by atoms with Crippen molar-refractivity contribution in [3.8, 4) is 11.5 Å². The number of carbonyl (C=O) groups is 1. The lowest BCUT2D eigenvalue weighted by Gasteiger charge is -2.31. The van der Waals surface area contributed by atoms with Gasteiger partial charge in [0, 0.05) is 16.9 Å². The summed E-state index contributed by atoms with van der Waals surface area (Å²) in [6.07, 6.45) is 0. The largest absolute Gasteiger partial charge is 0.497 e. The summed E-state index contributed by atoms with van der Waals surface area (Å²) in [6, 6.07) is 14.3. The number of methoxy groups -OCH3 is 2. The van der Waals surface area contributed by atoms with Gasteiger partial charge in [-0.15, -0.1) is 0 Å². The van der Waals surface area contributed by atoms with Crippen molar-refractivity contribution < 1.29 is 14.3 Å². The number of anilines is 1. The summed E-state index contributed by atoms with van der Waals surface area (Å²) < 4.78 is 10.8. The quantitative estimate of drug-likeness (QED) is 0.689. The minimum Gasteiger partial charge on any atom is -0.497 e. The zero-order chi connectivity index (χ0) is 19.4. The minimum atomic E-state index is -0.479. The number of allylic oxidation sites excluding steroid dienone is 1. The molecule has 0 saturated heterocycles. The molecule has 0 aromatic heterocycles. The zero-order valence-electron chi connectivity index (χ0n) is 15.3. The maximum atomic E-state index is 13.1. The molecule has 3 rings (SSSR count). The molecular weight excluding hydrogens is 362 g/mol. The number of para-hydroxylation sites is 1. The summed E-state index contributed by atoms with van der Waals surface area (Å²) in [7, 11) is 3.18. The van der Waals surface area contributed by atoms with E-state index in [1.807, 2.05) is 55.5 Å². The molecule has 1 heterocycles. The van der Waals surface area contributed by atoms with Crippen LogP contribution in [-0.4, -0.2) is 25.2 Å². The van der Waals surface area contributed by atoms with Gasteiger partial charge in [-0.1, -0.05) is 18.2 Å². The normalized spacial score (nSPS) is 16.3. The lowest BCUT2D eigenvalue weighted by molar-refractivity contribution is -0.113. The molecule has 27 heavy (non-hydrogen) atoms. The van der Waals surface area contributed by atoms with E-state index in [0.717, 1.165) is 5.56 Å². The molecule has 0 saturated carbocycles. The van der Waals surface area contributed by atoms with E-state index in [9.17, 15) is 4.79 Å². The van der Waals surface area contributed by atoms with Crippen molar-refractivity contribution in [3.63, 3.8) is 0 Å². The Bertz CT molecular complexity index is 897. The highest BCUT2D eigenvalue weighted by atomic mass is 32.1. The third kappa shape index (κ3) is 4.03. The van der Waals surface area contributed by atoms with Crippen molar-refractivity contribution >= 4 is 28.9 Å². The van der Waals surface area contributed by atoms with Gasteiger partial charge in [0.15, 0.2) is 5.11 Å². The first-order valence-corrected chi connectivity index (χ1v) is 8.81. The number of thiocarbonyl (C=S) groups is 1. The van der Waals surface area contributed by atoms with E-state index < -0.39 is 6.04 Å². The molecule has 1 amide bonds. The second-order valence-corrected chi connectivity index (χ2v) is 6.41.